The van der Waals surface area contributed by atoms with Gasteiger partial charge in [0.25, 0.3) is 0 Å². The molecule has 174 valence electrons. The van der Waals surface area contributed by atoms with E-state index in [-0.39, 0.29) is 24.8 Å². The summed E-state index contributed by atoms with van der Waals surface area (Å²) in [5.74, 6) is -2.36. The number of carbonyl (C=O) groups is 4. The molecule has 2 heterocycles. The number of nitrogens with two attached hydrogens (primary N) is 3. The predicted molar refractivity (Wildman–Crippen MR) is 113 cm³/mol. The van der Waals surface area contributed by atoms with E-state index < -0.39 is 42.0 Å². The molecule has 2 fully saturated rings. The van der Waals surface area contributed by atoms with Crippen LogP contribution in [0, 0.1) is 0 Å². The van der Waals surface area contributed by atoms with E-state index in [4.69, 9.17) is 17.2 Å². The van der Waals surface area contributed by atoms with Crippen LogP contribution in [0.3, 0.4) is 0 Å². The van der Waals surface area contributed by atoms with Crippen LogP contribution in [0.4, 0.5) is 0 Å². The number of carbonyl (C=O) groups excluding carboxylic acids is 3. The van der Waals surface area contributed by atoms with E-state index in [1.165, 1.54) is 9.80 Å². The first-order chi connectivity index (χ1) is 14.6. The van der Waals surface area contributed by atoms with E-state index in [9.17, 15) is 24.3 Å². The fourth-order valence-electron chi connectivity index (χ4n) is 4.08. The Hall–Kier alpha value is -2.89. The van der Waals surface area contributed by atoms with Crippen molar-refractivity contribution in [2.24, 2.45) is 22.2 Å². The molecule has 0 radical (unpaired) electrons. The minimum atomic E-state index is -1.07. The Morgan fingerprint density at radius 3 is 2.19 bits per heavy atom. The number of guanidine groups is 1. The number of aliphatic imine (C=N–C) groups is 1. The summed E-state index contributed by atoms with van der Waals surface area (Å²) in [6, 6.07) is -3.28. The van der Waals surface area contributed by atoms with Crippen molar-refractivity contribution in [3.8, 4) is 0 Å². The Morgan fingerprint density at radius 2 is 1.65 bits per heavy atom. The smallest absolute Gasteiger partial charge is 0.326 e. The molecule has 0 aromatic rings. The predicted octanol–water partition coefficient (Wildman–Crippen LogP) is -2.06. The van der Waals surface area contributed by atoms with E-state index in [2.05, 4.69) is 10.3 Å². The van der Waals surface area contributed by atoms with Crippen LogP contribution in [0.2, 0.25) is 0 Å². The lowest BCUT2D eigenvalue weighted by atomic mass is 10.1. The summed E-state index contributed by atoms with van der Waals surface area (Å²) < 4.78 is 0. The van der Waals surface area contributed by atoms with Crippen molar-refractivity contribution >= 4 is 29.7 Å². The second kappa shape index (κ2) is 10.9. The molecule has 2 saturated heterocycles. The number of amides is 3. The minimum absolute atomic E-state index is 0.0755. The molecule has 0 saturated carbocycles. The molecule has 2 aliphatic heterocycles. The Balaban J connectivity index is 2.13. The minimum Gasteiger partial charge on any atom is -0.480 e. The van der Waals surface area contributed by atoms with E-state index in [1.54, 1.807) is 6.92 Å². The van der Waals surface area contributed by atoms with Crippen LogP contribution in [-0.2, 0) is 19.2 Å². The quantitative estimate of drug-likeness (QED) is 0.153. The van der Waals surface area contributed by atoms with Gasteiger partial charge in [-0.05, 0) is 45.4 Å². The lowest BCUT2D eigenvalue weighted by Crippen LogP contribution is -2.56. The first kappa shape index (κ1) is 24.4. The van der Waals surface area contributed by atoms with Gasteiger partial charge in [0.05, 0.1) is 6.04 Å². The normalized spacial score (nSPS) is 22.6. The zero-order valence-corrected chi connectivity index (χ0v) is 17.8. The number of aliphatic carboxylic acids is 1. The zero-order valence-electron chi connectivity index (χ0n) is 17.8. The van der Waals surface area contributed by atoms with Gasteiger partial charge < -0.3 is 37.4 Å². The molecule has 12 heteroatoms. The Kier molecular flexibility index (Phi) is 8.60. The third-order valence-electron chi connectivity index (χ3n) is 5.61. The lowest BCUT2D eigenvalue weighted by molar-refractivity contribution is -0.149. The number of nitrogens with zero attached hydrogens (tertiary/aromatic N) is 3. The summed E-state index contributed by atoms with van der Waals surface area (Å²) in [6.45, 7) is 2.57. The molecule has 31 heavy (non-hydrogen) atoms. The van der Waals surface area contributed by atoms with Gasteiger partial charge in [0.1, 0.15) is 18.1 Å². The Labute approximate surface area is 181 Å². The number of hydrogen-bond acceptors (Lipinski definition) is 6. The van der Waals surface area contributed by atoms with Gasteiger partial charge in [-0.2, -0.15) is 0 Å². The van der Waals surface area contributed by atoms with Crippen LogP contribution in [0.15, 0.2) is 4.99 Å². The first-order valence-corrected chi connectivity index (χ1v) is 10.6. The highest BCUT2D eigenvalue weighted by atomic mass is 16.4. The molecule has 12 nitrogen and oxygen atoms in total. The van der Waals surface area contributed by atoms with Crippen molar-refractivity contribution in [1.29, 1.82) is 0 Å². The SMILES string of the molecule is C[C@@H](N)C(=O)N1CCC[C@H]1C(=O)N[C@@H](CCCN=C(N)N)C(=O)N1CCC[C@H]1C(=O)O. The van der Waals surface area contributed by atoms with Gasteiger partial charge in [-0.3, -0.25) is 19.4 Å². The van der Waals surface area contributed by atoms with Gasteiger partial charge >= 0.3 is 5.97 Å². The maximum absolute atomic E-state index is 13.1. The fourth-order valence-corrected chi connectivity index (χ4v) is 4.08. The second-order valence-electron chi connectivity index (χ2n) is 8.02. The van der Waals surface area contributed by atoms with E-state index in [0.29, 0.717) is 45.2 Å². The number of likely N-dealkylation sites (tertiary alicyclic amines) is 2. The highest BCUT2D eigenvalue weighted by molar-refractivity contribution is 5.94. The molecular formula is C19H33N7O5. The van der Waals surface area contributed by atoms with Gasteiger partial charge in [0.15, 0.2) is 5.96 Å². The van der Waals surface area contributed by atoms with Crippen molar-refractivity contribution < 1.29 is 24.3 Å². The van der Waals surface area contributed by atoms with Crippen LogP contribution in [0.5, 0.6) is 0 Å². The monoisotopic (exact) mass is 439 g/mol. The highest BCUT2D eigenvalue weighted by Gasteiger charge is 2.40. The summed E-state index contributed by atoms with van der Waals surface area (Å²) in [5.41, 5.74) is 16.3. The third-order valence-corrected chi connectivity index (χ3v) is 5.61. The molecule has 0 bridgehead atoms. The average Bonchev–Trinajstić information content (AvgIpc) is 3.38. The van der Waals surface area contributed by atoms with E-state index in [1.807, 2.05) is 0 Å². The van der Waals surface area contributed by atoms with Crippen molar-refractivity contribution in [3.05, 3.63) is 0 Å². The zero-order chi connectivity index (χ0) is 23.1. The van der Waals surface area contributed by atoms with Crippen LogP contribution < -0.4 is 22.5 Å². The molecule has 2 aliphatic rings. The number of hydrogen-bond donors (Lipinski definition) is 5. The second-order valence-corrected chi connectivity index (χ2v) is 8.02. The largest absolute Gasteiger partial charge is 0.480 e. The van der Waals surface area contributed by atoms with Gasteiger partial charge in [-0.1, -0.05) is 0 Å². The van der Waals surface area contributed by atoms with Crippen LogP contribution in [-0.4, -0.2) is 88.4 Å². The lowest BCUT2D eigenvalue weighted by Gasteiger charge is -2.30. The van der Waals surface area contributed by atoms with Crippen LogP contribution in [0.25, 0.3) is 0 Å². The standard InChI is InChI=1S/C19H33N7O5/c1-11(20)16(28)25-9-3-6-13(25)15(27)24-12(5-2-8-23-19(21)22)17(29)26-10-4-7-14(26)18(30)31/h11-14H,2-10,20H2,1H3,(H,24,27)(H,30,31)(H4,21,22,23)/t11-,12+,13+,14+/m1/s1. The van der Waals surface area contributed by atoms with Gasteiger partial charge in [-0.25, -0.2) is 4.79 Å². The van der Waals surface area contributed by atoms with Crippen molar-refractivity contribution in [1.82, 2.24) is 15.1 Å². The summed E-state index contributed by atoms with van der Waals surface area (Å²) >= 11 is 0. The van der Waals surface area contributed by atoms with E-state index in [0.717, 1.165) is 0 Å². The molecule has 0 aliphatic carbocycles. The van der Waals surface area contributed by atoms with Crippen molar-refractivity contribution in [2.45, 2.75) is 69.6 Å². The summed E-state index contributed by atoms with van der Waals surface area (Å²) in [6.07, 6.45) is 2.73. The number of carboxylic acids is 1. The van der Waals surface area contributed by atoms with Crippen LogP contribution in [0.1, 0.15) is 45.4 Å². The number of nitrogens with one attached hydrogen (secondary N) is 1. The van der Waals surface area contributed by atoms with E-state index >= 15 is 0 Å². The van der Waals surface area contributed by atoms with Crippen LogP contribution >= 0.6 is 0 Å². The van der Waals surface area contributed by atoms with Gasteiger partial charge in [0.2, 0.25) is 17.7 Å². The Morgan fingerprint density at radius 1 is 1.06 bits per heavy atom. The number of rotatable bonds is 9. The Bertz CT molecular complexity index is 722. The molecule has 0 aromatic carbocycles. The highest BCUT2D eigenvalue weighted by Crippen LogP contribution is 2.21. The molecule has 0 aromatic heterocycles. The molecule has 0 unspecified atom stereocenters. The maximum atomic E-state index is 13.1. The van der Waals surface area contributed by atoms with Crippen molar-refractivity contribution in [2.75, 3.05) is 19.6 Å². The van der Waals surface area contributed by atoms with Gasteiger partial charge in [0, 0.05) is 19.6 Å². The first-order valence-electron chi connectivity index (χ1n) is 10.6. The molecule has 8 N–H and O–H groups in total. The molecule has 3 amide bonds. The summed E-state index contributed by atoms with van der Waals surface area (Å²) in [7, 11) is 0. The molecule has 2 rings (SSSR count). The summed E-state index contributed by atoms with van der Waals surface area (Å²) in [5, 5.41) is 12.1. The molecule has 0 spiro atoms. The molecule has 4 atom stereocenters. The topological polar surface area (TPSA) is 197 Å². The average molecular weight is 440 g/mol. The number of carboxylic acid groups (broad SMARTS) is 1. The third kappa shape index (κ3) is 6.29. The fraction of sp³-hybridized carbons (Fsp3) is 0.737. The van der Waals surface area contributed by atoms with Crippen molar-refractivity contribution in [3.63, 3.8) is 0 Å². The summed E-state index contributed by atoms with van der Waals surface area (Å²) in [4.78, 5) is 56.5. The molecular weight excluding hydrogens is 406 g/mol. The van der Waals surface area contributed by atoms with Gasteiger partial charge in [-0.15, -0.1) is 0 Å². The maximum Gasteiger partial charge on any atom is 0.326 e.